The summed E-state index contributed by atoms with van der Waals surface area (Å²) in [6.07, 6.45) is 0. The molecule has 1 aromatic heterocycles. The molecule has 2 aromatic rings. The lowest BCUT2D eigenvalue weighted by molar-refractivity contribution is -0.139. The number of hydrogen-bond acceptors (Lipinski definition) is 4. The third-order valence-electron chi connectivity index (χ3n) is 2.78. The predicted molar refractivity (Wildman–Crippen MR) is 79.8 cm³/mol. The van der Waals surface area contributed by atoms with Crippen LogP contribution < -0.4 is 10.1 Å². The molecule has 0 saturated carbocycles. The molecule has 0 radical (unpaired) electrons. The normalized spacial score (nSPS) is 11.7. The fourth-order valence-electron chi connectivity index (χ4n) is 1.79. The topological polar surface area (TPSA) is 75.6 Å². The minimum absolute atomic E-state index is 0.390. The highest BCUT2D eigenvalue weighted by Gasteiger charge is 2.23. The molecule has 110 valence electrons. The van der Waals surface area contributed by atoms with Crippen molar-refractivity contribution in [2.24, 2.45) is 0 Å². The molecule has 2 N–H and O–H groups in total. The molecule has 5 nitrogen and oxygen atoms in total. The minimum atomic E-state index is -1.09. The van der Waals surface area contributed by atoms with Crippen molar-refractivity contribution in [2.45, 2.75) is 13.0 Å². The average molecular weight is 305 g/mol. The fraction of sp³-hybridized carbons (Fsp3) is 0.200. The Kier molecular flexibility index (Phi) is 4.94. The Bertz CT molecular complexity index is 607. The van der Waals surface area contributed by atoms with Gasteiger partial charge in [0.05, 0.1) is 6.61 Å². The van der Waals surface area contributed by atoms with Gasteiger partial charge in [0, 0.05) is 10.4 Å². The van der Waals surface area contributed by atoms with Gasteiger partial charge in [-0.1, -0.05) is 6.07 Å². The van der Waals surface area contributed by atoms with Gasteiger partial charge in [0.15, 0.2) is 6.04 Å². The second-order valence-electron chi connectivity index (χ2n) is 4.22. The first-order chi connectivity index (χ1) is 10.1. The highest BCUT2D eigenvalue weighted by Crippen LogP contribution is 2.20. The largest absolute Gasteiger partial charge is 0.494 e. The maximum absolute atomic E-state index is 12.1. The quantitative estimate of drug-likeness (QED) is 0.860. The van der Waals surface area contributed by atoms with Gasteiger partial charge in [0.1, 0.15) is 5.75 Å². The molecule has 0 bridgehead atoms. The van der Waals surface area contributed by atoms with Gasteiger partial charge >= 0.3 is 5.97 Å². The molecular weight excluding hydrogens is 290 g/mol. The summed E-state index contributed by atoms with van der Waals surface area (Å²) in [5.74, 6) is -0.849. The van der Waals surface area contributed by atoms with Crippen LogP contribution in [0.25, 0.3) is 0 Å². The van der Waals surface area contributed by atoms with Crippen molar-refractivity contribution in [1.29, 1.82) is 0 Å². The number of carboxylic acid groups (broad SMARTS) is 1. The Labute approximate surface area is 126 Å². The lowest BCUT2D eigenvalue weighted by Crippen LogP contribution is -2.33. The highest BCUT2D eigenvalue weighted by atomic mass is 32.1. The number of ether oxygens (including phenoxy) is 1. The summed E-state index contributed by atoms with van der Waals surface area (Å²) < 4.78 is 5.29. The van der Waals surface area contributed by atoms with Gasteiger partial charge in [-0.3, -0.25) is 4.79 Å². The zero-order valence-corrected chi connectivity index (χ0v) is 12.2. The summed E-state index contributed by atoms with van der Waals surface area (Å²) in [5.41, 5.74) is 0.390. The van der Waals surface area contributed by atoms with Gasteiger partial charge in [0.2, 0.25) is 0 Å². The lowest BCUT2D eigenvalue weighted by atomic mass is 10.1. The van der Waals surface area contributed by atoms with Crippen LogP contribution in [0.15, 0.2) is 41.8 Å². The first-order valence-electron chi connectivity index (χ1n) is 6.41. The van der Waals surface area contributed by atoms with Gasteiger partial charge in [-0.25, -0.2) is 4.79 Å². The van der Waals surface area contributed by atoms with Gasteiger partial charge in [-0.2, -0.15) is 0 Å². The molecule has 0 aliphatic heterocycles. The number of carbonyl (C=O) groups excluding carboxylic acids is 1. The molecule has 1 heterocycles. The summed E-state index contributed by atoms with van der Waals surface area (Å²) in [6, 6.07) is 8.96. The van der Waals surface area contributed by atoms with E-state index in [-0.39, 0.29) is 0 Å². The monoisotopic (exact) mass is 305 g/mol. The van der Waals surface area contributed by atoms with E-state index in [4.69, 9.17) is 4.74 Å². The van der Waals surface area contributed by atoms with E-state index in [1.54, 1.807) is 41.8 Å². The number of rotatable bonds is 6. The molecule has 0 aliphatic rings. The standard InChI is InChI=1S/C15H15NO4S/c1-2-20-11-7-5-10(6-8-11)14(17)16-13(15(18)19)12-4-3-9-21-12/h3-9,13H,2H2,1H3,(H,16,17)(H,18,19). The Morgan fingerprint density at radius 3 is 2.52 bits per heavy atom. The Morgan fingerprint density at radius 1 is 1.29 bits per heavy atom. The van der Waals surface area contributed by atoms with Crippen molar-refractivity contribution < 1.29 is 19.4 Å². The second kappa shape index (κ2) is 6.90. The number of benzene rings is 1. The number of nitrogens with one attached hydrogen (secondary N) is 1. The zero-order valence-electron chi connectivity index (χ0n) is 11.4. The van der Waals surface area contributed by atoms with Crippen LogP contribution in [0.1, 0.15) is 28.2 Å². The Balaban J connectivity index is 2.10. The molecular formula is C15H15NO4S. The number of carbonyl (C=O) groups is 2. The van der Waals surface area contributed by atoms with Crippen LogP contribution in [-0.4, -0.2) is 23.6 Å². The van der Waals surface area contributed by atoms with E-state index in [1.165, 1.54) is 11.3 Å². The maximum Gasteiger partial charge on any atom is 0.331 e. The molecule has 1 aromatic carbocycles. The number of aliphatic carboxylic acids is 1. The average Bonchev–Trinajstić information content (AvgIpc) is 2.99. The van der Waals surface area contributed by atoms with Crippen molar-refractivity contribution in [1.82, 2.24) is 5.32 Å². The van der Waals surface area contributed by atoms with E-state index in [2.05, 4.69) is 5.32 Å². The summed E-state index contributed by atoms with van der Waals surface area (Å²) >= 11 is 1.29. The van der Waals surface area contributed by atoms with E-state index < -0.39 is 17.9 Å². The van der Waals surface area contributed by atoms with Crippen LogP contribution in [0.4, 0.5) is 0 Å². The van der Waals surface area contributed by atoms with Crippen molar-refractivity contribution in [3.05, 3.63) is 52.2 Å². The van der Waals surface area contributed by atoms with Crippen LogP contribution >= 0.6 is 11.3 Å². The van der Waals surface area contributed by atoms with Crippen LogP contribution in [-0.2, 0) is 4.79 Å². The van der Waals surface area contributed by atoms with Crippen LogP contribution in [0.3, 0.4) is 0 Å². The van der Waals surface area contributed by atoms with Crippen molar-refractivity contribution >= 4 is 23.2 Å². The van der Waals surface area contributed by atoms with Gasteiger partial charge in [-0.05, 0) is 42.6 Å². The molecule has 1 unspecified atom stereocenters. The van der Waals surface area contributed by atoms with Gasteiger partial charge < -0.3 is 15.2 Å². The number of hydrogen-bond donors (Lipinski definition) is 2. The number of thiophene rings is 1. The maximum atomic E-state index is 12.1. The van der Waals surface area contributed by atoms with Gasteiger partial charge in [-0.15, -0.1) is 11.3 Å². The molecule has 0 aliphatic carbocycles. The predicted octanol–water partition coefficient (Wildman–Crippen LogP) is 2.70. The highest BCUT2D eigenvalue weighted by molar-refractivity contribution is 7.10. The summed E-state index contributed by atoms with van der Waals surface area (Å²) in [4.78, 5) is 24.0. The molecule has 6 heteroatoms. The molecule has 1 amide bonds. The molecule has 21 heavy (non-hydrogen) atoms. The first kappa shape index (κ1) is 15.1. The van der Waals surface area contributed by atoms with Crippen LogP contribution in [0.5, 0.6) is 5.75 Å². The van der Waals surface area contributed by atoms with Crippen molar-refractivity contribution in [2.75, 3.05) is 6.61 Å². The number of amides is 1. The van der Waals surface area contributed by atoms with Crippen LogP contribution in [0, 0.1) is 0 Å². The van der Waals surface area contributed by atoms with E-state index in [9.17, 15) is 14.7 Å². The number of carboxylic acids is 1. The van der Waals surface area contributed by atoms with E-state index in [0.717, 1.165) is 0 Å². The minimum Gasteiger partial charge on any atom is -0.494 e. The molecule has 0 spiro atoms. The second-order valence-corrected chi connectivity index (χ2v) is 5.20. The Hall–Kier alpha value is -2.34. The molecule has 1 atom stereocenters. The van der Waals surface area contributed by atoms with Gasteiger partial charge in [0.25, 0.3) is 5.91 Å². The molecule has 0 fully saturated rings. The smallest absolute Gasteiger partial charge is 0.331 e. The SMILES string of the molecule is CCOc1ccc(C(=O)NC(C(=O)O)c2cccs2)cc1. The lowest BCUT2D eigenvalue weighted by Gasteiger charge is -2.13. The summed E-state index contributed by atoms with van der Waals surface area (Å²) in [7, 11) is 0. The summed E-state index contributed by atoms with van der Waals surface area (Å²) in [6.45, 7) is 2.42. The van der Waals surface area contributed by atoms with E-state index in [0.29, 0.717) is 22.8 Å². The summed E-state index contributed by atoms with van der Waals surface area (Å²) in [5, 5.41) is 13.5. The molecule has 0 saturated heterocycles. The first-order valence-corrected chi connectivity index (χ1v) is 7.29. The molecule has 2 rings (SSSR count). The van der Waals surface area contributed by atoms with Crippen LogP contribution in [0.2, 0.25) is 0 Å². The fourth-order valence-corrected chi connectivity index (χ4v) is 2.56. The van der Waals surface area contributed by atoms with E-state index in [1.807, 2.05) is 6.92 Å². The van der Waals surface area contributed by atoms with Crippen molar-refractivity contribution in [3.63, 3.8) is 0 Å². The third kappa shape index (κ3) is 3.82. The third-order valence-corrected chi connectivity index (χ3v) is 3.71. The zero-order chi connectivity index (χ0) is 15.2. The van der Waals surface area contributed by atoms with Crippen molar-refractivity contribution in [3.8, 4) is 5.75 Å². The Morgan fingerprint density at radius 2 is 2.00 bits per heavy atom. The van der Waals surface area contributed by atoms with E-state index >= 15 is 0 Å².